The van der Waals surface area contributed by atoms with Gasteiger partial charge in [0.05, 0.1) is 17.0 Å². The van der Waals surface area contributed by atoms with Gasteiger partial charge in [-0.05, 0) is 31.0 Å². The number of nitriles is 1. The molecule has 0 saturated heterocycles. The Bertz CT molecular complexity index is 456. The van der Waals surface area contributed by atoms with E-state index in [0.29, 0.717) is 0 Å². The van der Waals surface area contributed by atoms with Crippen LogP contribution in [0.3, 0.4) is 0 Å². The van der Waals surface area contributed by atoms with Gasteiger partial charge in [-0.1, -0.05) is 30.9 Å². The van der Waals surface area contributed by atoms with Crippen LogP contribution in [0.15, 0.2) is 18.2 Å². The molecule has 2 atom stereocenters. The maximum atomic E-state index is 13.1. The van der Waals surface area contributed by atoms with E-state index in [4.69, 9.17) is 11.6 Å². The molecule has 1 saturated carbocycles. The van der Waals surface area contributed by atoms with E-state index in [2.05, 4.69) is 11.4 Å². The summed E-state index contributed by atoms with van der Waals surface area (Å²) < 4.78 is 13.1. The maximum absolute atomic E-state index is 13.1. The molecule has 0 aliphatic heterocycles. The van der Waals surface area contributed by atoms with E-state index in [1.54, 1.807) is 12.1 Å². The molecule has 2 rings (SSSR count). The van der Waals surface area contributed by atoms with Crippen molar-refractivity contribution in [1.29, 1.82) is 5.26 Å². The second-order valence-corrected chi connectivity index (χ2v) is 5.16. The Morgan fingerprint density at radius 3 is 2.78 bits per heavy atom. The molecule has 18 heavy (non-hydrogen) atoms. The Morgan fingerprint density at radius 2 is 2.06 bits per heavy atom. The monoisotopic (exact) mass is 266 g/mol. The van der Waals surface area contributed by atoms with Gasteiger partial charge in [0, 0.05) is 11.7 Å². The highest BCUT2D eigenvalue weighted by atomic mass is 35.5. The third kappa shape index (κ3) is 3.14. The summed E-state index contributed by atoms with van der Waals surface area (Å²) in [5.41, 5.74) is 0.786. The van der Waals surface area contributed by atoms with Gasteiger partial charge in [0.25, 0.3) is 0 Å². The summed E-state index contributed by atoms with van der Waals surface area (Å²) >= 11 is 5.75. The van der Waals surface area contributed by atoms with Gasteiger partial charge in [0.1, 0.15) is 5.82 Å². The molecule has 0 radical (unpaired) electrons. The highest BCUT2D eigenvalue weighted by Crippen LogP contribution is 2.27. The van der Waals surface area contributed by atoms with Gasteiger partial charge in [-0.15, -0.1) is 0 Å². The zero-order valence-corrected chi connectivity index (χ0v) is 10.9. The number of anilines is 1. The zero-order valence-electron chi connectivity index (χ0n) is 10.1. The van der Waals surface area contributed by atoms with Gasteiger partial charge in [-0.2, -0.15) is 5.26 Å². The summed E-state index contributed by atoms with van der Waals surface area (Å²) in [5, 5.41) is 12.6. The molecule has 1 aromatic rings. The van der Waals surface area contributed by atoms with Crippen LogP contribution in [0.25, 0.3) is 0 Å². The Hall–Kier alpha value is -1.27. The molecule has 2 nitrogen and oxygen atoms in total. The molecule has 1 aliphatic carbocycles. The fourth-order valence-corrected chi connectivity index (χ4v) is 2.62. The fraction of sp³-hybridized carbons (Fsp3) is 0.500. The van der Waals surface area contributed by atoms with E-state index >= 15 is 0 Å². The average Bonchev–Trinajstić information content (AvgIpc) is 2.59. The van der Waals surface area contributed by atoms with Crippen molar-refractivity contribution in [2.45, 2.75) is 38.1 Å². The Morgan fingerprint density at radius 1 is 1.28 bits per heavy atom. The van der Waals surface area contributed by atoms with E-state index < -0.39 is 5.82 Å². The number of halogens is 2. The molecule has 0 spiro atoms. The molecule has 0 bridgehead atoms. The Balaban J connectivity index is 2.10. The summed E-state index contributed by atoms with van der Waals surface area (Å²) in [5.74, 6) is -0.392. The largest absolute Gasteiger partial charge is 0.381 e. The van der Waals surface area contributed by atoms with E-state index in [-0.39, 0.29) is 17.0 Å². The van der Waals surface area contributed by atoms with E-state index in [9.17, 15) is 9.65 Å². The molecular weight excluding hydrogens is 251 g/mol. The van der Waals surface area contributed by atoms with Crippen LogP contribution in [0.1, 0.15) is 32.1 Å². The normalized spacial score (nSPS) is 24.1. The second kappa shape index (κ2) is 6.06. The van der Waals surface area contributed by atoms with Gasteiger partial charge in [-0.25, -0.2) is 4.39 Å². The van der Waals surface area contributed by atoms with Gasteiger partial charge in [-0.3, -0.25) is 0 Å². The van der Waals surface area contributed by atoms with E-state index in [0.717, 1.165) is 31.4 Å². The number of hydrogen-bond donors (Lipinski definition) is 1. The summed E-state index contributed by atoms with van der Waals surface area (Å²) in [6, 6.07) is 7.11. The van der Waals surface area contributed by atoms with Crippen molar-refractivity contribution in [3.05, 3.63) is 29.0 Å². The van der Waals surface area contributed by atoms with Gasteiger partial charge in [0.15, 0.2) is 0 Å². The van der Waals surface area contributed by atoms with Crippen molar-refractivity contribution in [2.75, 3.05) is 5.32 Å². The molecule has 4 heteroatoms. The van der Waals surface area contributed by atoms with Crippen LogP contribution in [0.5, 0.6) is 0 Å². The third-order valence-corrected chi connectivity index (χ3v) is 3.74. The van der Waals surface area contributed by atoms with Crippen molar-refractivity contribution in [1.82, 2.24) is 0 Å². The van der Waals surface area contributed by atoms with Crippen LogP contribution < -0.4 is 5.32 Å². The van der Waals surface area contributed by atoms with Crippen LogP contribution in [-0.2, 0) is 0 Å². The molecule has 0 heterocycles. The Kier molecular flexibility index (Phi) is 4.43. The first-order valence-corrected chi connectivity index (χ1v) is 6.69. The zero-order chi connectivity index (χ0) is 13.0. The third-order valence-electron chi connectivity index (χ3n) is 3.45. The first kappa shape index (κ1) is 13.2. The lowest BCUT2D eigenvalue weighted by molar-refractivity contribution is 0.514. The second-order valence-electron chi connectivity index (χ2n) is 4.75. The summed E-state index contributed by atoms with van der Waals surface area (Å²) in [6.45, 7) is 0. The lowest BCUT2D eigenvalue weighted by atomic mass is 9.96. The summed E-state index contributed by atoms with van der Waals surface area (Å²) in [4.78, 5) is 0. The van der Waals surface area contributed by atoms with Crippen LogP contribution in [0.4, 0.5) is 10.1 Å². The van der Waals surface area contributed by atoms with E-state index in [1.807, 2.05) is 0 Å². The van der Waals surface area contributed by atoms with Crippen molar-refractivity contribution in [2.24, 2.45) is 5.92 Å². The number of hydrogen-bond acceptors (Lipinski definition) is 2. The topological polar surface area (TPSA) is 35.8 Å². The Labute approximate surface area is 112 Å². The first-order chi connectivity index (χ1) is 8.70. The molecule has 1 aliphatic rings. The van der Waals surface area contributed by atoms with Crippen molar-refractivity contribution < 1.29 is 4.39 Å². The van der Waals surface area contributed by atoms with Crippen molar-refractivity contribution >= 4 is 17.3 Å². The highest BCUT2D eigenvalue weighted by molar-refractivity contribution is 6.31. The molecule has 1 aromatic carbocycles. The van der Waals surface area contributed by atoms with Crippen LogP contribution in [0.2, 0.25) is 5.02 Å². The van der Waals surface area contributed by atoms with Crippen LogP contribution in [0, 0.1) is 23.1 Å². The molecular formula is C14H16ClFN2. The minimum atomic E-state index is -0.417. The van der Waals surface area contributed by atoms with Gasteiger partial charge >= 0.3 is 0 Å². The fourth-order valence-electron chi connectivity index (χ4n) is 2.43. The molecule has 1 N–H and O–H groups in total. The van der Waals surface area contributed by atoms with Crippen LogP contribution in [-0.4, -0.2) is 6.04 Å². The molecule has 0 amide bonds. The summed E-state index contributed by atoms with van der Waals surface area (Å²) in [6.07, 6.45) is 5.34. The highest BCUT2D eigenvalue weighted by Gasteiger charge is 2.23. The standard InChI is InChI=1S/C14H16ClFN2/c15-12-8-11(6-7-13(12)16)18-14-5-3-1-2-4-10(14)9-17/h6-8,10,14,18H,1-5H2. The quantitative estimate of drug-likeness (QED) is 0.807. The minimum absolute atomic E-state index is 0.0244. The smallest absolute Gasteiger partial charge is 0.141 e. The lowest BCUT2D eigenvalue weighted by Crippen LogP contribution is -2.27. The average molecular weight is 267 g/mol. The lowest BCUT2D eigenvalue weighted by Gasteiger charge is -2.22. The number of rotatable bonds is 2. The van der Waals surface area contributed by atoms with E-state index in [1.165, 1.54) is 12.5 Å². The van der Waals surface area contributed by atoms with Gasteiger partial charge in [0.2, 0.25) is 0 Å². The molecule has 1 fully saturated rings. The van der Waals surface area contributed by atoms with Gasteiger partial charge < -0.3 is 5.32 Å². The predicted molar refractivity (Wildman–Crippen MR) is 71.0 cm³/mol. The molecule has 0 aromatic heterocycles. The van der Waals surface area contributed by atoms with Crippen LogP contribution >= 0.6 is 11.6 Å². The summed E-state index contributed by atoms with van der Waals surface area (Å²) in [7, 11) is 0. The number of nitrogens with one attached hydrogen (secondary N) is 1. The van der Waals surface area contributed by atoms with Crippen molar-refractivity contribution in [3.63, 3.8) is 0 Å². The molecule has 96 valence electrons. The SMILES string of the molecule is N#CC1CCCCCC1Nc1ccc(F)c(Cl)c1. The first-order valence-electron chi connectivity index (χ1n) is 6.32. The number of benzene rings is 1. The van der Waals surface area contributed by atoms with Crippen molar-refractivity contribution in [3.8, 4) is 6.07 Å². The molecule has 2 unspecified atom stereocenters. The maximum Gasteiger partial charge on any atom is 0.141 e. The number of nitrogens with zero attached hydrogens (tertiary/aromatic N) is 1. The predicted octanol–water partition coefficient (Wildman–Crippen LogP) is 4.36. The minimum Gasteiger partial charge on any atom is -0.381 e.